The van der Waals surface area contributed by atoms with Gasteiger partial charge in [0.2, 0.25) is 0 Å². The second-order valence-corrected chi connectivity index (χ2v) is 2.57. The molecule has 0 aromatic rings. The Bertz CT molecular complexity index is 57.7. The molecule has 0 fully saturated rings. The molecule has 0 saturated carbocycles. The summed E-state index contributed by atoms with van der Waals surface area (Å²) in [6.45, 7) is 5.05. The van der Waals surface area contributed by atoms with E-state index < -0.39 is 0 Å². The van der Waals surface area contributed by atoms with Crippen molar-refractivity contribution < 1.29 is 0 Å². The van der Waals surface area contributed by atoms with Gasteiger partial charge in [-0.15, -0.1) is 40.2 Å². The van der Waals surface area contributed by atoms with Gasteiger partial charge in [0.25, 0.3) is 0 Å². The van der Waals surface area contributed by atoms with Crippen LogP contribution in [0.2, 0.25) is 0 Å². The van der Waals surface area contributed by atoms with Crippen molar-refractivity contribution in [2.45, 2.75) is 6.92 Å². The summed E-state index contributed by atoms with van der Waals surface area (Å²) in [6.07, 6.45) is 0. The Kier molecular flexibility index (Phi) is 13.6. The summed E-state index contributed by atoms with van der Waals surface area (Å²) in [4.78, 5) is 2.22. The normalized spacial score (nSPS) is 9.60. The van der Waals surface area contributed by atoms with Gasteiger partial charge in [-0.1, -0.05) is 6.92 Å². The van der Waals surface area contributed by atoms with Crippen LogP contribution in [0, 0.1) is 0 Å². The molecule has 0 heterocycles. The van der Waals surface area contributed by atoms with E-state index in [4.69, 9.17) is 23.2 Å². The quantitative estimate of drug-likeness (QED) is 0.678. The number of hydrogen-bond acceptors (Lipinski definition) is 1. The van der Waals surface area contributed by atoms with Gasteiger partial charge in [0.15, 0.2) is 0 Å². The molecule has 10 heavy (non-hydrogen) atoms. The van der Waals surface area contributed by atoms with E-state index in [1.54, 1.807) is 0 Å². The Morgan fingerprint density at radius 3 is 1.70 bits per heavy atom. The fourth-order valence-electron chi connectivity index (χ4n) is 0.667. The number of alkyl halides is 2. The monoisotopic (exact) mass is 249 g/mol. The molecule has 0 unspecified atom stereocenters. The lowest BCUT2D eigenvalue weighted by molar-refractivity contribution is 0.325. The van der Waals surface area contributed by atoms with Crippen LogP contribution in [0.4, 0.5) is 0 Å². The van der Waals surface area contributed by atoms with Gasteiger partial charge < -0.3 is 4.90 Å². The average molecular weight is 251 g/mol. The van der Waals surface area contributed by atoms with E-state index in [9.17, 15) is 0 Å². The summed E-state index contributed by atoms with van der Waals surface area (Å²) < 4.78 is 0. The first kappa shape index (κ1) is 13.6. The molecule has 4 heteroatoms. The molecule has 64 valence electrons. The summed E-state index contributed by atoms with van der Waals surface area (Å²) in [5.74, 6) is 1.40. The van der Waals surface area contributed by atoms with Crippen molar-refractivity contribution in [1.29, 1.82) is 0 Å². The van der Waals surface area contributed by atoms with Crippen LogP contribution < -0.4 is 0 Å². The van der Waals surface area contributed by atoms with Crippen LogP contribution in [0.3, 0.4) is 0 Å². The van der Waals surface area contributed by atoms with Crippen LogP contribution in [-0.2, 0) is 0 Å². The minimum atomic E-state index is 0. The highest BCUT2D eigenvalue weighted by atomic mass is 79.9. The van der Waals surface area contributed by atoms with Crippen LogP contribution in [0.25, 0.3) is 0 Å². The molecular weight excluding hydrogens is 237 g/mol. The third kappa shape index (κ3) is 7.13. The Morgan fingerprint density at radius 1 is 1.10 bits per heavy atom. The molecule has 0 amide bonds. The second kappa shape index (κ2) is 10.0. The average Bonchev–Trinajstić information content (AvgIpc) is 1.88. The highest BCUT2D eigenvalue weighted by molar-refractivity contribution is 8.93. The maximum absolute atomic E-state index is 5.53. The lowest BCUT2D eigenvalue weighted by atomic mass is 10.5. The van der Waals surface area contributed by atoms with Crippen molar-refractivity contribution >= 4 is 40.2 Å². The zero-order chi connectivity index (χ0) is 7.11. The smallest absolute Gasteiger partial charge is 0.0351 e. The highest BCUT2D eigenvalue weighted by Crippen LogP contribution is 1.89. The van der Waals surface area contributed by atoms with Crippen LogP contribution in [0.1, 0.15) is 6.92 Å². The van der Waals surface area contributed by atoms with Crippen molar-refractivity contribution in [3.8, 4) is 0 Å². The lowest BCUT2D eigenvalue weighted by Gasteiger charge is -2.16. The largest absolute Gasteiger partial charge is 0.301 e. The molecule has 0 aromatic carbocycles. The minimum Gasteiger partial charge on any atom is -0.301 e. The first-order valence-electron chi connectivity index (χ1n) is 3.19. The summed E-state index contributed by atoms with van der Waals surface area (Å²) in [5.41, 5.74) is 0. The van der Waals surface area contributed by atoms with E-state index in [0.717, 1.165) is 19.6 Å². The van der Waals surface area contributed by atoms with Crippen molar-refractivity contribution in [3.05, 3.63) is 0 Å². The van der Waals surface area contributed by atoms with Gasteiger partial charge in [-0.3, -0.25) is 0 Å². The number of nitrogens with zero attached hydrogens (tertiary/aromatic N) is 1. The summed E-state index contributed by atoms with van der Waals surface area (Å²) in [6, 6.07) is 0. The van der Waals surface area contributed by atoms with Crippen molar-refractivity contribution in [2.24, 2.45) is 0 Å². The molecule has 0 bridgehead atoms. The van der Waals surface area contributed by atoms with E-state index in [0.29, 0.717) is 11.8 Å². The van der Waals surface area contributed by atoms with Crippen molar-refractivity contribution in [2.75, 3.05) is 31.4 Å². The Morgan fingerprint density at radius 2 is 1.50 bits per heavy atom. The Labute approximate surface area is 83.4 Å². The number of hydrogen-bond donors (Lipinski definition) is 0. The molecule has 0 aromatic heterocycles. The van der Waals surface area contributed by atoms with Crippen LogP contribution in [0.15, 0.2) is 0 Å². The lowest BCUT2D eigenvalue weighted by Crippen LogP contribution is -2.27. The molecular formula is C6H14BrCl2N. The van der Waals surface area contributed by atoms with Gasteiger partial charge in [-0.05, 0) is 6.54 Å². The predicted octanol–water partition coefficient (Wildman–Crippen LogP) is 2.36. The third-order valence-electron chi connectivity index (χ3n) is 1.25. The fraction of sp³-hybridized carbons (Fsp3) is 1.00. The van der Waals surface area contributed by atoms with Gasteiger partial charge in [-0.25, -0.2) is 0 Å². The summed E-state index contributed by atoms with van der Waals surface area (Å²) in [7, 11) is 0. The maximum atomic E-state index is 5.53. The van der Waals surface area contributed by atoms with E-state index >= 15 is 0 Å². The van der Waals surface area contributed by atoms with Crippen molar-refractivity contribution in [3.63, 3.8) is 0 Å². The standard InChI is InChI=1S/C6H13Cl2N.BrH/c1-2-9(5-3-7)6-4-8;/h2-6H2,1H3;1H. The first-order chi connectivity index (χ1) is 4.35. The molecule has 0 saturated heterocycles. The molecule has 0 aliphatic heterocycles. The third-order valence-corrected chi connectivity index (χ3v) is 1.59. The van der Waals surface area contributed by atoms with E-state index in [2.05, 4.69) is 11.8 Å². The van der Waals surface area contributed by atoms with Gasteiger partial charge in [0.05, 0.1) is 0 Å². The summed E-state index contributed by atoms with van der Waals surface area (Å²) in [5, 5.41) is 0. The number of rotatable bonds is 5. The van der Waals surface area contributed by atoms with E-state index in [1.807, 2.05) is 0 Å². The minimum absolute atomic E-state index is 0. The molecule has 0 aliphatic rings. The molecule has 0 atom stereocenters. The van der Waals surface area contributed by atoms with Gasteiger partial charge in [0, 0.05) is 24.8 Å². The van der Waals surface area contributed by atoms with Crippen LogP contribution in [-0.4, -0.2) is 36.3 Å². The molecule has 0 radical (unpaired) electrons. The first-order valence-corrected chi connectivity index (χ1v) is 4.26. The van der Waals surface area contributed by atoms with Crippen LogP contribution in [0.5, 0.6) is 0 Å². The highest BCUT2D eigenvalue weighted by Gasteiger charge is 1.97. The van der Waals surface area contributed by atoms with Crippen LogP contribution >= 0.6 is 40.2 Å². The van der Waals surface area contributed by atoms with Gasteiger partial charge in [-0.2, -0.15) is 0 Å². The summed E-state index contributed by atoms with van der Waals surface area (Å²) >= 11 is 11.1. The van der Waals surface area contributed by atoms with Gasteiger partial charge >= 0.3 is 0 Å². The number of halogens is 3. The second-order valence-electron chi connectivity index (χ2n) is 1.81. The van der Waals surface area contributed by atoms with Crippen molar-refractivity contribution in [1.82, 2.24) is 4.90 Å². The molecule has 0 N–H and O–H groups in total. The maximum Gasteiger partial charge on any atom is 0.0351 e. The molecule has 0 spiro atoms. The van der Waals surface area contributed by atoms with E-state index in [-0.39, 0.29) is 17.0 Å². The predicted molar refractivity (Wildman–Crippen MR) is 53.9 cm³/mol. The Hall–Kier alpha value is 1.02. The molecule has 0 aliphatic carbocycles. The molecule has 1 nitrogen and oxygen atoms in total. The zero-order valence-corrected chi connectivity index (χ0v) is 9.37. The Balaban J connectivity index is 0. The topological polar surface area (TPSA) is 3.24 Å². The van der Waals surface area contributed by atoms with E-state index in [1.165, 1.54) is 0 Å². The molecule has 0 rings (SSSR count). The zero-order valence-electron chi connectivity index (χ0n) is 6.15. The SMILES string of the molecule is Br.CCN(CCCl)CCCl. The van der Waals surface area contributed by atoms with Gasteiger partial charge in [0.1, 0.15) is 0 Å². The fourth-order valence-corrected chi connectivity index (χ4v) is 1.15.